The molecule has 0 aliphatic carbocycles. The van der Waals surface area contributed by atoms with E-state index in [1.807, 2.05) is 0 Å². The van der Waals surface area contributed by atoms with E-state index in [1.165, 1.54) is 20.3 Å². The van der Waals surface area contributed by atoms with Gasteiger partial charge in [-0.1, -0.05) is 11.6 Å². The highest BCUT2D eigenvalue weighted by atomic mass is 35.5. The van der Waals surface area contributed by atoms with Crippen molar-refractivity contribution in [2.45, 2.75) is 19.5 Å². The quantitative estimate of drug-likeness (QED) is 0.800. The van der Waals surface area contributed by atoms with Gasteiger partial charge in [-0.15, -0.1) is 0 Å². The number of carbonyl (C=O) groups is 1. The number of aromatic hydroxyl groups is 1. The van der Waals surface area contributed by atoms with E-state index in [0.717, 1.165) is 0 Å². The normalized spacial score (nSPS) is 12.0. The molecule has 0 bridgehead atoms. The average molecular weight is 274 g/mol. The molecule has 1 aromatic rings. The fourth-order valence-corrected chi connectivity index (χ4v) is 1.67. The first-order valence-corrected chi connectivity index (χ1v) is 5.74. The van der Waals surface area contributed by atoms with Crippen LogP contribution in [0.2, 0.25) is 5.02 Å². The summed E-state index contributed by atoms with van der Waals surface area (Å²) in [5, 5.41) is 13.3. The van der Waals surface area contributed by atoms with Crippen LogP contribution < -0.4 is 10.1 Å². The van der Waals surface area contributed by atoms with Gasteiger partial charge in [0, 0.05) is 23.2 Å². The van der Waals surface area contributed by atoms with Crippen LogP contribution in [0, 0.1) is 0 Å². The van der Waals surface area contributed by atoms with Gasteiger partial charge in [0.25, 0.3) is 0 Å². The number of ether oxygens (including phenoxy) is 2. The van der Waals surface area contributed by atoms with E-state index in [-0.39, 0.29) is 18.3 Å². The minimum absolute atomic E-state index is 0.00599. The first-order valence-electron chi connectivity index (χ1n) is 5.36. The molecule has 0 aromatic heterocycles. The molecule has 0 aliphatic heterocycles. The van der Waals surface area contributed by atoms with Crippen LogP contribution >= 0.6 is 11.6 Å². The van der Waals surface area contributed by atoms with Crippen molar-refractivity contribution in [1.29, 1.82) is 0 Å². The predicted molar refractivity (Wildman–Crippen MR) is 68.0 cm³/mol. The van der Waals surface area contributed by atoms with Gasteiger partial charge in [0.15, 0.2) is 11.5 Å². The molecule has 6 heteroatoms. The molecule has 1 aromatic carbocycles. The van der Waals surface area contributed by atoms with Crippen LogP contribution in [0.25, 0.3) is 0 Å². The zero-order chi connectivity index (χ0) is 13.7. The van der Waals surface area contributed by atoms with Crippen LogP contribution in [-0.4, -0.2) is 31.3 Å². The number of nitrogens with one attached hydrogen (secondary N) is 1. The Labute approximate surface area is 111 Å². The Bertz CT molecular complexity index is 436. The first-order chi connectivity index (χ1) is 8.49. The van der Waals surface area contributed by atoms with Crippen LogP contribution in [0.3, 0.4) is 0 Å². The maximum Gasteiger partial charge on any atom is 0.322 e. The fourth-order valence-electron chi connectivity index (χ4n) is 1.44. The molecular formula is C12H16ClNO4. The smallest absolute Gasteiger partial charge is 0.322 e. The molecule has 0 aliphatic rings. The van der Waals surface area contributed by atoms with E-state index in [2.05, 4.69) is 10.1 Å². The Morgan fingerprint density at radius 3 is 2.72 bits per heavy atom. The van der Waals surface area contributed by atoms with Gasteiger partial charge in [-0.25, -0.2) is 0 Å². The molecule has 1 atom stereocenters. The van der Waals surface area contributed by atoms with Crippen molar-refractivity contribution in [3.05, 3.63) is 22.7 Å². The summed E-state index contributed by atoms with van der Waals surface area (Å²) < 4.78 is 9.57. The van der Waals surface area contributed by atoms with E-state index in [0.29, 0.717) is 16.3 Å². The third kappa shape index (κ3) is 3.51. The summed E-state index contributed by atoms with van der Waals surface area (Å²) in [4.78, 5) is 11.2. The van der Waals surface area contributed by atoms with Crippen LogP contribution in [0.4, 0.5) is 0 Å². The van der Waals surface area contributed by atoms with E-state index >= 15 is 0 Å². The van der Waals surface area contributed by atoms with Gasteiger partial charge in [0.2, 0.25) is 0 Å². The lowest BCUT2D eigenvalue weighted by Crippen LogP contribution is -2.34. The first kappa shape index (κ1) is 14.6. The second-order valence-electron chi connectivity index (χ2n) is 3.74. The minimum Gasteiger partial charge on any atom is -0.504 e. The summed E-state index contributed by atoms with van der Waals surface area (Å²) in [6, 6.07) is 2.65. The average Bonchev–Trinajstić information content (AvgIpc) is 2.37. The number of rotatable bonds is 5. The molecule has 100 valence electrons. The van der Waals surface area contributed by atoms with Gasteiger partial charge in [-0.3, -0.25) is 4.79 Å². The molecule has 0 fully saturated rings. The zero-order valence-electron chi connectivity index (χ0n) is 10.5. The highest BCUT2D eigenvalue weighted by Gasteiger charge is 2.15. The topological polar surface area (TPSA) is 67.8 Å². The number of halogens is 1. The lowest BCUT2D eigenvalue weighted by molar-refractivity contribution is -0.142. The Morgan fingerprint density at radius 1 is 1.50 bits per heavy atom. The molecule has 5 nitrogen and oxygen atoms in total. The third-order valence-corrected chi connectivity index (χ3v) is 2.71. The zero-order valence-corrected chi connectivity index (χ0v) is 11.2. The Balaban J connectivity index is 2.79. The monoisotopic (exact) mass is 273 g/mol. The van der Waals surface area contributed by atoms with Gasteiger partial charge in [-0.2, -0.15) is 0 Å². The predicted octanol–water partition coefficient (Wildman–Crippen LogP) is 1.71. The summed E-state index contributed by atoms with van der Waals surface area (Å²) in [7, 11) is 2.76. The molecule has 0 saturated heterocycles. The number of benzene rings is 1. The lowest BCUT2D eigenvalue weighted by Gasteiger charge is -2.14. The summed E-state index contributed by atoms with van der Waals surface area (Å²) >= 11 is 5.90. The Morgan fingerprint density at radius 2 is 2.17 bits per heavy atom. The molecule has 0 saturated carbocycles. The number of phenolic OH excluding ortho intramolecular Hbond substituents is 1. The van der Waals surface area contributed by atoms with Crippen molar-refractivity contribution in [2.75, 3.05) is 14.2 Å². The third-order valence-electron chi connectivity index (χ3n) is 2.49. The van der Waals surface area contributed by atoms with Crippen molar-refractivity contribution < 1.29 is 19.4 Å². The van der Waals surface area contributed by atoms with Crippen LogP contribution in [0.1, 0.15) is 12.5 Å². The SMILES string of the molecule is COC(=O)C(C)NCc1cc(Cl)cc(OC)c1O. The molecular weight excluding hydrogens is 258 g/mol. The van der Waals surface area contributed by atoms with Gasteiger partial charge in [-0.05, 0) is 13.0 Å². The fraction of sp³-hybridized carbons (Fsp3) is 0.417. The maximum atomic E-state index is 11.2. The molecule has 0 spiro atoms. The van der Waals surface area contributed by atoms with Crippen LogP contribution in [-0.2, 0) is 16.1 Å². The van der Waals surface area contributed by atoms with E-state index in [9.17, 15) is 9.90 Å². The number of hydrogen-bond acceptors (Lipinski definition) is 5. The minimum atomic E-state index is -0.473. The summed E-state index contributed by atoms with van der Waals surface area (Å²) in [6.45, 7) is 1.95. The van der Waals surface area contributed by atoms with Gasteiger partial charge < -0.3 is 19.9 Å². The molecule has 0 radical (unpaired) electrons. The Hall–Kier alpha value is -1.46. The van der Waals surface area contributed by atoms with Gasteiger partial charge in [0.1, 0.15) is 6.04 Å². The summed E-state index contributed by atoms with van der Waals surface area (Å²) in [5.41, 5.74) is 0.551. The van der Waals surface area contributed by atoms with Crippen LogP contribution in [0.5, 0.6) is 11.5 Å². The molecule has 1 unspecified atom stereocenters. The molecule has 0 amide bonds. The van der Waals surface area contributed by atoms with Crippen molar-refractivity contribution in [3.8, 4) is 11.5 Å². The van der Waals surface area contributed by atoms with Gasteiger partial charge >= 0.3 is 5.97 Å². The number of phenols is 1. The van der Waals surface area contributed by atoms with E-state index in [4.69, 9.17) is 16.3 Å². The maximum absolute atomic E-state index is 11.2. The van der Waals surface area contributed by atoms with Crippen molar-refractivity contribution in [3.63, 3.8) is 0 Å². The number of hydrogen-bond donors (Lipinski definition) is 2. The summed E-state index contributed by atoms with van der Waals surface area (Å²) in [6.07, 6.45) is 0. The number of carbonyl (C=O) groups excluding carboxylic acids is 1. The standard InChI is InChI=1S/C12H16ClNO4/c1-7(12(16)18-3)14-6-8-4-9(13)5-10(17-2)11(8)15/h4-5,7,14-15H,6H2,1-3H3. The highest BCUT2D eigenvalue weighted by Crippen LogP contribution is 2.33. The van der Waals surface area contributed by atoms with Crippen molar-refractivity contribution >= 4 is 17.6 Å². The lowest BCUT2D eigenvalue weighted by atomic mass is 10.1. The largest absolute Gasteiger partial charge is 0.504 e. The van der Waals surface area contributed by atoms with E-state index in [1.54, 1.807) is 13.0 Å². The summed E-state index contributed by atoms with van der Waals surface area (Å²) in [5.74, 6) is -0.0695. The van der Waals surface area contributed by atoms with Crippen LogP contribution in [0.15, 0.2) is 12.1 Å². The van der Waals surface area contributed by atoms with E-state index < -0.39 is 6.04 Å². The second kappa shape index (κ2) is 6.47. The molecule has 0 heterocycles. The van der Waals surface area contributed by atoms with Crippen molar-refractivity contribution in [1.82, 2.24) is 5.32 Å². The Kier molecular flexibility index (Phi) is 5.25. The number of methoxy groups -OCH3 is 2. The molecule has 1 rings (SSSR count). The highest BCUT2D eigenvalue weighted by molar-refractivity contribution is 6.30. The molecule has 2 N–H and O–H groups in total. The van der Waals surface area contributed by atoms with Crippen molar-refractivity contribution in [2.24, 2.45) is 0 Å². The second-order valence-corrected chi connectivity index (χ2v) is 4.18. The van der Waals surface area contributed by atoms with Gasteiger partial charge in [0.05, 0.1) is 14.2 Å². The number of esters is 1. The molecule has 18 heavy (non-hydrogen) atoms.